The lowest BCUT2D eigenvalue weighted by atomic mass is 10.2. The van der Waals surface area contributed by atoms with Gasteiger partial charge in [0.1, 0.15) is 5.52 Å². The van der Waals surface area contributed by atoms with Crippen LogP contribution >= 0.6 is 0 Å². The second-order valence-corrected chi connectivity index (χ2v) is 4.59. The van der Waals surface area contributed by atoms with Crippen molar-refractivity contribution in [2.75, 3.05) is 5.32 Å². The molecule has 1 aromatic heterocycles. The Morgan fingerprint density at radius 2 is 1.91 bits per heavy atom. The molecule has 0 aliphatic rings. The van der Waals surface area contributed by atoms with Crippen LogP contribution in [0.3, 0.4) is 0 Å². The van der Waals surface area contributed by atoms with Gasteiger partial charge in [0.25, 0.3) is 5.91 Å². The smallest absolute Gasteiger partial charge is 0.255 e. The molecule has 1 amide bonds. The lowest BCUT2D eigenvalue weighted by molar-refractivity contribution is 0.102. The Bertz CT molecular complexity index is 890. The SMILES string of the molecule is Cc1nc2ccc(C(=O)Nc3ccc(F)c(F)c3F)cc2o1. The number of aromatic nitrogens is 1. The Hall–Kier alpha value is -2.83. The summed E-state index contributed by atoms with van der Waals surface area (Å²) in [4.78, 5) is 16.1. The monoisotopic (exact) mass is 306 g/mol. The molecular formula is C15H9F3N2O2. The predicted octanol–water partition coefficient (Wildman–Crippen LogP) is 3.81. The molecule has 3 aromatic rings. The van der Waals surface area contributed by atoms with Crippen LogP contribution in [0.5, 0.6) is 0 Å². The number of carbonyl (C=O) groups is 1. The zero-order valence-corrected chi connectivity index (χ0v) is 11.3. The third-order valence-corrected chi connectivity index (χ3v) is 3.04. The molecule has 1 heterocycles. The molecule has 0 unspecified atom stereocenters. The standard InChI is InChI=1S/C15H9F3N2O2/c1-7-19-10-4-2-8(6-12(10)22-7)15(21)20-11-5-3-9(16)13(17)14(11)18/h2-6H,1H3,(H,20,21). The highest BCUT2D eigenvalue weighted by atomic mass is 19.2. The number of carbonyl (C=O) groups excluding carboxylic acids is 1. The van der Waals surface area contributed by atoms with Gasteiger partial charge in [0.05, 0.1) is 5.69 Å². The Balaban J connectivity index is 1.91. The van der Waals surface area contributed by atoms with Gasteiger partial charge in [-0.15, -0.1) is 0 Å². The predicted molar refractivity (Wildman–Crippen MR) is 73.0 cm³/mol. The number of amides is 1. The summed E-state index contributed by atoms with van der Waals surface area (Å²) in [6.07, 6.45) is 0. The van der Waals surface area contributed by atoms with Crippen LogP contribution in [0.25, 0.3) is 11.1 Å². The van der Waals surface area contributed by atoms with Crippen molar-refractivity contribution in [3.05, 3.63) is 59.2 Å². The summed E-state index contributed by atoms with van der Waals surface area (Å²) >= 11 is 0. The lowest BCUT2D eigenvalue weighted by Gasteiger charge is -2.07. The quantitative estimate of drug-likeness (QED) is 0.733. The highest BCUT2D eigenvalue weighted by Crippen LogP contribution is 2.21. The van der Waals surface area contributed by atoms with E-state index in [0.29, 0.717) is 17.0 Å². The van der Waals surface area contributed by atoms with Crippen LogP contribution in [0.15, 0.2) is 34.7 Å². The Kier molecular flexibility index (Phi) is 3.32. The number of hydrogen-bond acceptors (Lipinski definition) is 3. The van der Waals surface area contributed by atoms with E-state index >= 15 is 0 Å². The minimum atomic E-state index is -1.64. The molecule has 0 spiro atoms. The number of anilines is 1. The molecule has 112 valence electrons. The Labute approximate surface area is 122 Å². The second-order valence-electron chi connectivity index (χ2n) is 4.59. The van der Waals surface area contributed by atoms with E-state index in [2.05, 4.69) is 10.3 Å². The summed E-state index contributed by atoms with van der Waals surface area (Å²) in [7, 11) is 0. The van der Waals surface area contributed by atoms with Gasteiger partial charge in [-0.05, 0) is 30.3 Å². The maximum Gasteiger partial charge on any atom is 0.255 e. The normalized spacial score (nSPS) is 10.9. The molecule has 0 bridgehead atoms. The molecule has 7 heteroatoms. The van der Waals surface area contributed by atoms with Gasteiger partial charge in [0.2, 0.25) is 0 Å². The molecule has 0 saturated heterocycles. The van der Waals surface area contributed by atoms with E-state index in [0.717, 1.165) is 12.1 Å². The fourth-order valence-electron chi connectivity index (χ4n) is 2.00. The number of benzene rings is 2. The molecule has 0 aliphatic carbocycles. The van der Waals surface area contributed by atoms with Crippen LogP contribution in [-0.4, -0.2) is 10.9 Å². The summed E-state index contributed by atoms with van der Waals surface area (Å²) < 4.78 is 44.8. The highest BCUT2D eigenvalue weighted by molar-refractivity contribution is 6.05. The van der Waals surface area contributed by atoms with Crippen molar-refractivity contribution in [3.8, 4) is 0 Å². The van der Waals surface area contributed by atoms with Crippen molar-refractivity contribution >= 4 is 22.7 Å². The van der Waals surface area contributed by atoms with Gasteiger partial charge in [-0.3, -0.25) is 4.79 Å². The van der Waals surface area contributed by atoms with Crippen molar-refractivity contribution in [2.24, 2.45) is 0 Å². The van der Waals surface area contributed by atoms with Gasteiger partial charge < -0.3 is 9.73 Å². The third-order valence-electron chi connectivity index (χ3n) is 3.04. The van der Waals surface area contributed by atoms with E-state index in [1.165, 1.54) is 12.1 Å². The molecule has 1 N–H and O–H groups in total. The van der Waals surface area contributed by atoms with Gasteiger partial charge >= 0.3 is 0 Å². The van der Waals surface area contributed by atoms with E-state index in [9.17, 15) is 18.0 Å². The third kappa shape index (κ3) is 2.41. The Morgan fingerprint density at radius 1 is 1.14 bits per heavy atom. The molecule has 3 rings (SSSR count). The average molecular weight is 306 g/mol. The number of aryl methyl sites for hydroxylation is 1. The molecule has 0 fully saturated rings. The molecular weight excluding hydrogens is 297 g/mol. The van der Waals surface area contributed by atoms with Crippen molar-refractivity contribution in [1.82, 2.24) is 4.98 Å². The number of oxazole rings is 1. The molecule has 2 aromatic carbocycles. The van der Waals surface area contributed by atoms with Crippen molar-refractivity contribution < 1.29 is 22.4 Å². The van der Waals surface area contributed by atoms with E-state index in [-0.39, 0.29) is 5.56 Å². The largest absolute Gasteiger partial charge is 0.441 e. The van der Waals surface area contributed by atoms with Crippen LogP contribution in [-0.2, 0) is 0 Å². The highest BCUT2D eigenvalue weighted by Gasteiger charge is 2.16. The number of nitrogens with one attached hydrogen (secondary N) is 1. The van der Waals surface area contributed by atoms with Crippen LogP contribution in [0.2, 0.25) is 0 Å². The van der Waals surface area contributed by atoms with Crippen LogP contribution in [0.1, 0.15) is 16.2 Å². The zero-order chi connectivity index (χ0) is 15.9. The number of fused-ring (bicyclic) bond motifs is 1. The summed E-state index contributed by atoms with van der Waals surface area (Å²) in [5.41, 5.74) is 0.703. The molecule has 0 saturated carbocycles. The van der Waals surface area contributed by atoms with Gasteiger partial charge in [-0.1, -0.05) is 0 Å². The molecule has 0 aliphatic heterocycles. The van der Waals surface area contributed by atoms with Gasteiger partial charge in [0.15, 0.2) is 28.9 Å². The van der Waals surface area contributed by atoms with Crippen molar-refractivity contribution in [1.29, 1.82) is 0 Å². The summed E-state index contributed by atoms with van der Waals surface area (Å²) in [6, 6.07) is 6.15. The summed E-state index contributed by atoms with van der Waals surface area (Å²) in [6.45, 7) is 1.66. The lowest BCUT2D eigenvalue weighted by Crippen LogP contribution is -2.13. The van der Waals surface area contributed by atoms with Crippen molar-refractivity contribution in [2.45, 2.75) is 6.92 Å². The van der Waals surface area contributed by atoms with Gasteiger partial charge in [0, 0.05) is 12.5 Å². The van der Waals surface area contributed by atoms with E-state index < -0.39 is 29.0 Å². The van der Waals surface area contributed by atoms with Gasteiger partial charge in [-0.2, -0.15) is 0 Å². The van der Waals surface area contributed by atoms with Crippen LogP contribution in [0, 0.1) is 24.4 Å². The first kappa shape index (κ1) is 14.1. The number of nitrogens with zero attached hydrogens (tertiary/aromatic N) is 1. The van der Waals surface area contributed by atoms with Crippen LogP contribution in [0.4, 0.5) is 18.9 Å². The maximum absolute atomic E-state index is 13.5. The first-order valence-corrected chi connectivity index (χ1v) is 6.28. The molecule has 22 heavy (non-hydrogen) atoms. The Morgan fingerprint density at radius 3 is 2.68 bits per heavy atom. The number of rotatable bonds is 2. The maximum atomic E-state index is 13.5. The first-order valence-electron chi connectivity index (χ1n) is 6.28. The fourth-order valence-corrected chi connectivity index (χ4v) is 2.00. The summed E-state index contributed by atoms with van der Waals surface area (Å²) in [5, 5.41) is 2.18. The first-order chi connectivity index (χ1) is 10.5. The number of hydrogen-bond donors (Lipinski definition) is 1. The van der Waals surface area contributed by atoms with E-state index in [1.807, 2.05) is 0 Å². The average Bonchev–Trinajstić information content (AvgIpc) is 2.86. The minimum absolute atomic E-state index is 0.174. The zero-order valence-electron chi connectivity index (χ0n) is 11.3. The van der Waals surface area contributed by atoms with Crippen LogP contribution < -0.4 is 5.32 Å². The van der Waals surface area contributed by atoms with E-state index in [4.69, 9.17) is 4.42 Å². The fraction of sp³-hybridized carbons (Fsp3) is 0.0667. The van der Waals surface area contributed by atoms with Crippen molar-refractivity contribution in [3.63, 3.8) is 0 Å². The second kappa shape index (κ2) is 5.18. The minimum Gasteiger partial charge on any atom is -0.441 e. The summed E-state index contributed by atoms with van der Waals surface area (Å²) in [5.74, 6) is -4.65. The molecule has 4 nitrogen and oxygen atoms in total. The topological polar surface area (TPSA) is 55.1 Å². The van der Waals surface area contributed by atoms with Gasteiger partial charge in [-0.25, -0.2) is 18.2 Å². The number of halogens is 3. The molecule has 0 radical (unpaired) electrons. The van der Waals surface area contributed by atoms with E-state index in [1.54, 1.807) is 13.0 Å². The molecule has 0 atom stereocenters.